The molecule has 2 aromatic carbocycles. The Labute approximate surface area is 178 Å². The number of unbranched alkanes of at least 4 members (excludes halogenated alkanes) is 3. The van der Waals surface area contributed by atoms with Gasteiger partial charge in [-0.15, -0.1) is 0 Å². The summed E-state index contributed by atoms with van der Waals surface area (Å²) < 4.78 is 4.83. The Morgan fingerprint density at radius 3 is 2.40 bits per heavy atom. The van der Waals surface area contributed by atoms with Gasteiger partial charge >= 0.3 is 5.97 Å². The Kier molecular flexibility index (Phi) is 9.87. The summed E-state index contributed by atoms with van der Waals surface area (Å²) in [6.45, 7) is 1.03. The van der Waals surface area contributed by atoms with Gasteiger partial charge in [-0.1, -0.05) is 49.2 Å². The van der Waals surface area contributed by atoms with Crippen LogP contribution in [0, 0.1) is 0 Å². The van der Waals surface area contributed by atoms with E-state index < -0.39 is 17.9 Å². The number of phenolic OH excluding ortho intramolecular Hbond substituents is 1. The second-order valence-electron chi connectivity index (χ2n) is 7.36. The maximum Gasteiger partial charge on any atom is 0.328 e. The van der Waals surface area contributed by atoms with Crippen LogP contribution in [0.2, 0.25) is 0 Å². The summed E-state index contributed by atoms with van der Waals surface area (Å²) >= 11 is 0. The van der Waals surface area contributed by atoms with E-state index >= 15 is 0 Å². The molecule has 0 saturated carbocycles. The third-order valence-corrected chi connectivity index (χ3v) is 5.02. The van der Waals surface area contributed by atoms with Crippen molar-refractivity contribution < 1.29 is 19.4 Å². The minimum atomic E-state index is -0.832. The Hall–Kier alpha value is -2.86. The number of rotatable bonds is 12. The predicted octanol–water partition coefficient (Wildman–Crippen LogP) is 3.23. The molecule has 2 aromatic rings. The number of carbonyl (C=O) groups excluding carboxylic acids is 2. The number of phenols is 1. The van der Waals surface area contributed by atoms with Crippen LogP contribution in [0.5, 0.6) is 5.75 Å². The van der Waals surface area contributed by atoms with Crippen LogP contribution >= 0.6 is 0 Å². The van der Waals surface area contributed by atoms with E-state index in [1.165, 1.54) is 13.5 Å². The van der Waals surface area contributed by atoms with E-state index in [9.17, 15) is 14.7 Å². The van der Waals surface area contributed by atoms with Crippen molar-refractivity contribution in [1.29, 1.82) is 0 Å². The minimum Gasteiger partial charge on any atom is -0.507 e. The molecule has 2 rings (SSSR count). The fourth-order valence-corrected chi connectivity index (χ4v) is 3.33. The van der Waals surface area contributed by atoms with Crippen molar-refractivity contribution in [2.45, 2.75) is 44.6 Å². The lowest BCUT2D eigenvalue weighted by molar-refractivity contribution is -0.142. The van der Waals surface area contributed by atoms with E-state index in [0.29, 0.717) is 6.42 Å². The lowest BCUT2D eigenvalue weighted by atomic mass is 10.0. The molecular weight excluding hydrogens is 380 g/mol. The lowest BCUT2D eigenvalue weighted by Gasteiger charge is -2.17. The van der Waals surface area contributed by atoms with Gasteiger partial charge < -0.3 is 20.5 Å². The zero-order valence-corrected chi connectivity index (χ0v) is 17.8. The monoisotopic (exact) mass is 412 g/mol. The van der Waals surface area contributed by atoms with Gasteiger partial charge in [0, 0.05) is 6.42 Å². The summed E-state index contributed by atoms with van der Waals surface area (Å²) in [5.41, 5.74) is 2.05. The Balaban J connectivity index is 1.96. The summed E-state index contributed by atoms with van der Waals surface area (Å²) in [5.74, 6) is -1.11. The number of benzene rings is 2. The number of hydrogen-bond donors (Lipinski definition) is 3. The second kappa shape index (κ2) is 12.6. The highest BCUT2D eigenvalue weighted by atomic mass is 16.5. The van der Waals surface area contributed by atoms with Crippen LogP contribution in [0.25, 0.3) is 0 Å². The third-order valence-electron chi connectivity index (χ3n) is 5.02. The molecule has 0 heterocycles. The Morgan fingerprint density at radius 2 is 1.73 bits per heavy atom. The number of ether oxygens (including phenoxy) is 1. The Bertz CT molecular complexity index is 808. The van der Waals surface area contributed by atoms with Crippen LogP contribution in [-0.2, 0) is 22.4 Å². The number of nitrogens with one attached hydrogen (secondary N) is 2. The van der Waals surface area contributed by atoms with Crippen LogP contribution in [0.15, 0.2) is 48.5 Å². The summed E-state index contributed by atoms with van der Waals surface area (Å²) in [4.78, 5) is 24.8. The smallest absolute Gasteiger partial charge is 0.328 e. The molecule has 162 valence electrons. The van der Waals surface area contributed by atoms with Gasteiger partial charge in [-0.25, -0.2) is 4.79 Å². The summed E-state index contributed by atoms with van der Waals surface area (Å²) in [6, 6.07) is 13.7. The SMILES string of the molecule is CNCCCCCCc1ccc(C(=O)NC(Cc2ccccc2)C(=O)OC)c(O)c1. The molecular formula is C24H32N2O4. The molecule has 0 aliphatic rings. The van der Waals surface area contributed by atoms with E-state index in [1.807, 2.05) is 43.4 Å². The van der Waals surface area contributed by atoms with E-state index in [0.717, 1.165) is 43.4 Å². The van der Waals surface area contributed by atoms with E-state index in [-0.39, 0.29) is 11.3 Å². The van der Waals surface area contributed by atoms with Crippen molar-refractivity contribution >= 4 is 11.9 Å². The lowest BCUT2D eigenvalue weighted by Crippen LogP contribution is -2.43. The van der Waals surface area contributed by atoms with Gasteiger partial charge in [-0.05, 0) is 56.1 Å². The molecule has 30 heavy (non-hydrogen) atoms. The maximum atomic E-state index is 12.7. The quantitative estimate of drug-likeness (QED) is 0.368. The number of hydrogen-bond acceptors (Lipinski definition) is 5. The largest absolute Gasteiger partial charge is 0.507 e. The average molecular weight is 413 g/mol. The zero-order valence-electron chi connectivity index (χ0n) is 17.8. The first-order valence-corrected chi connectivity index (χ1v) is 10.4. The maximum absolute atomic E-state index is 12.7. The van der Waals surface area contributed by atoms with Gasteiger partial charge in [0.25, 0.3) is 5.91 Å². The fraction of sp³-hybridized carbons (Fsp3) is 0.417. The second-order valence-corrected chi connectivity index (χ2v) is 7.36. The molecule has 3 N–H and O–H groups in total. The highest BCUT2D eigenvalue weighted by molar-refractivity contribution is 5.99. The standard InChI is InChI=1S/C24H32N2O4/c1-25-15-9-4-3-6-12-19-13-14-20(22(27)17-19)23(28)26-21(24(29)30-2)16-18-10-7-5-8-11-18/h5,7-8,10-11,13-14,17,21,25,27H,3-4,6,9,12,15-16H2,1-2H3,(H,26,28). The van der Waals surface area contributed by atoms with Gasteiger partial charge in [-0.3, -0.25) is 4.79 Å². The summed E-state index contributed by atoms with van der Waals surface area (Å²) in [7, 11) is 3.24. The molecule has 0 bridgehead atoms. The Morgan fingerprint density at radius 1 is 1.00 bits per heavy atom. The number of amides is 1. The molecule has 0 fully saturated rings. The molecule has 0 saturated heterocycles. The molecule has 6 nitrogen and oxygen atoms in total. The molecule has 0 aliphatic carbocycles. The van der Waals surface area contributed by atoms with Crippen LogP contribution in [-0.4, -0.2) is 43.7 Å². The van der Waals surface area contributed by atoms with Gasteiger partial charge in [0.1, 0.15) is 11.8 Å². The van der Waals surface area contributed by atoms with E-state index in [4.69, 9.17) is 4.74 Å². The van der Waals surface area contributed by atoms with Crippen molar-refractivity contribution in [1.82, 2.24) is 10.6 Å². The number of aryl methyl sites for hydroxylation is 1. The molecule has 6 heteroatoms. The first kappa shape index (κ1) is 23.4. The van der Waals surface area contributed by atoms with Crippen LogP contribution in [0.3, 0.4) is 0 Å². The first-order chi connectivity index (χ1) is 14.5. The summed E-state index contributed by atoms with van der Waals surface area (Å²) in [6.07, 6.45) is 5.66. The van der Waals surface area contributed by atoms with Crippen molar-refractivity contribution in [3.8, 4) is 5.75 Å². The molecule has 1 unspecified atom stereocenters. The summed E-state index contributed by atoms with van der Waals surface area (Å²) in [5, 5.41) is 16.2. The molecule has 0 aliphatic heterocycles. The van der Waals surface area contributed by atoms with E-state index in [1.54, 1.807) is 12.1 Å². The molecule has 1 atom stereocenters. The molecule has 0 radical (unpaired) electrons. The number of carbonyl (C=O) groups is 2. The van der Waals surface area contributed by atoms with Crippen molar-refractivity contribution in [2.24, 2.45) is 0 Å². The highest BCUT2D eigenvalue weighted by Gasteiger charge is 2.23. The molecule has 0 aromatic heterocycles. The fourth-order valence-electron chi connectivity index (χ4n) is 3.33. The zero-order chi connectivity index (χ0) is 21.8. The number of methoxy groups -OCH3 is 1. The number of aromatic hydroxyl groups is 1. The van der Waals surface area contributed by atoms with Gasteiger partial charge in [0.15, 0.2) is 0 Å². The first-order valence-electron chi connectivity index (χ1n) is 10.4. The topological polar surface area (TPSA) is 87.7 Å². The highest BCUT2D eigenvalue weighted by Crippen LogP contribution is 2.21. The molecule has 1 amide bonds. The van der Waals surface area contributed by atoms with E-state index in [2.05, 4.69) is 10.6 Å². The normalized spacial score (nSPS) is 11.7. The van der Waals surface area contributed by atoms with Gasteiger partial charge in [0.05, 0.1) is 12.7 Å². The van der Waals surface area contributed by atoms with Crippen molar-refractivity contribution in [2.75, 3.05) is 20.7 Å². The third kappa shape index (κ3) is 7.52. The van der Waals surface area contributed by atoms with Crippen LogP contribution in [0.1, 0.15) is 47.2 Å². The predicted molar refractivity (Wildman–Crippen MR) is 118 cm³/mol. The minimum absolute atomic E-state index is 0.0801. The van der Waals surface area contributed by atoms with Crippen LogP contribution in [0.4, 0.5) is 0 Å². The van der Waals surface area contributed by atoms with Crippen molar-refractivity contribution in [3.05, 3.63) is 65.2 Å². The number of esters is 1. The van der Waals surface area contributed by atoms with Crippen molar-refractivity contribution in [3.63, 3.8) is 0 Å². The molecule has 0 spiro atoms. The van der Waals surface area contributed by atoms with Gasteiger partial charge in [0.2, 0.25) is 0 Å². The van der Waals surface area contributed by atoms with Gasteiger partial charge in [-0.2, -0.15) is 0 Å². The average Bonchev–Trinajstić information content (AvgIpc) is 2.75. The van der Waals surface area contributed by atoms with Crippen LogP contribution < -0.4 is 10.6 Å².